The molecule has 25 heavy (non-hydrogen) atoms. The highest BCUT2D eigenvalue weighted by molar-refractivity contribution is 5.81. The Bertz CT molecular complexity index is 752. The average molecular weight is 339 g/mol. The van der Waals surface area contributed by atoms with Crippen LogP contribution in [0, 0.1) is 27.7 Å². The molecule has 0 bridgehead atoms. The van der Waals surface area contributed by atoms with Gasteiger partial charge in [0.2, 0.25) is 0 Å². The predicted molar refractivity (Wildman–Crippen MR) is 103 cm³/mol. The third-order valence-electron chi connectivity index (χ3n) is 4.75. The van der Waals surface area contributed by atoms with Gasteiger partial charge in [-0.25, -0.2) is 0 Å². The molecule has 0 heterocycles. The Morgan fingerprint density at radius 1 is 1.08 bits per heavy atom. The Hall–Kier alpha value is -2.29. The standard InChI is InChI=1S/C22H29NO2/c1-7-20(25-21-10-8-9-15(3)17(21)5)22(24)23-18(6)19-13-14(2)11-12-16(19)4/h8-13,18,20H,7H2,1-6H3,(H,23,24). The van der Waals surface area contributed by atoms with Crippen molar-refractivity contribution in [2.45, 2.75) is 60.1 Å². The van der Waals surface area contributed by atoms with Gasteiger partial charge in [0.1, 0.15) is 5.75 Å². The van der Waals surface area contributed by atoms with Gasteiger partial charge in [0.25, 0.3) is 5.91 Å². The zero-order valence-corrected chi connectivity index (χ0v) is 16.1. The smallest absolute Gasteiger partial charge is 0.261 e. The van der Waals surface area contributed by atoms with Gasteiger partial charge < -0.3 is 10.1 Å². The number of amides is 1. The normalized spacial score (nSPS) is 13.2. The summed E-state index contributed by atoms with van der Waals surface area (Å²) < 4.78 is 6.02. The van der Waals surface area contributed by atoms with Crippen LogP contribution in [0.2, 0.25) is 0 Å². The van der Waals surface area contributed by atoms with E-state index in [2.05, 4.69) is 37.4 Å². The maximum Gasteiger partial charge on any atom is 0.261 e. The van der Waals surface area contributed by atoms with Crippen molar-refractivity contribution in [3.05, 3.63) is 64.2 Å². The summed E-state index contributed by atoms with van der Waals surface area (Å²) >= 11 is 0. The molecule has 0 aromatic heterocycles. The minimum Gasteiger partial charge on any atom is -0.480 e. The number of nitrogens with one attached hydrogen (secondary N) is 1. The lowest BCUT2D eigenvalue weighted by Gasteiger charge is -2.23. The first kappa shape index (κ1) is 19.0. The Balaban J connectivity index is 2.11. The van der Waals surface area contributed by atoms with Crippen LogP contribution in [0.25, 0.3) is 0 Å². The van der Waals surface area contributed by atoms with Crippen molar-refractivity contribution in [2.75, 3.05) is 0 Å². The van der Waals surface area contributed by atoms with Crippen molar-refractivity contribution < 1.29 is 9.53 Å². The van der Waals surface area contributed by atoms with Gasteiger partial charge in [0.15, 0.2) is 6.10 Å². The van der Waals surface area contributed by atoms with Crippen LogP contribution in [0.3, 0.4) is 0 Å². The summed E-state index contributed by atoms with van der Waals surface area (Å²) in [6, 6.07) is 12.2. The summed E-state index contributed by atoms with van der Waals surface area (Å²) in [5.74, 6) is 0.707. The molecule has 0 radical (unpaired) electrons. The van der Waals surface area contributed by atoms with Crippen LogP contribution in [-0.4, -0.2) is 12.0 Å². The molecule has 2 aromatic rings. The molecular formula is C22H29NO2. The van der Waals surface area contributed by atoms with Crippen molar-refractivity contribution in [1.29, 1.82) is 0 Å². The molecule has 0 saturated heterocycles. The monoisotopic (exact) mass is 339 g/mol. The van der Waals surface area contributed by atoms with E-state index in [-0.39, 0.29) is 11.9 Å². The third kappa shape index (κ3) is 4.62. The van der Waals surface area contributed by atoms with Gasteiger partial charge in [0, 0.05) is 0 Å². The van der Waals surface area contributed by atoms with E-state index in [0.29, 0.717) is 6.42 Å². The summed E-state index contributed by atoms with van der Waals surface area (Å²) in [6.45, 7) is 12.2. The highest BCUT2D eigenvalue weighted by Crippen LogP contribution is 2.23. The van der Waals surface area contributed by atoms with Gasteiger partial charge in [-0.2, -0.15) is 0 Å². The lowest BCUT2D eigenvalue weighted by molar-refractivity contribution is -0.128. The SMILES string of the molecule is CCC(Oc1cccc(C)c1C)C(=O)NC(C)c1cc(C)ccc1C. The van der Waals surface area contributed by atoms with Crippen molar-refractivity contribution in [3.8, 4) is 5.75 Å². The molecule has 3 nitrogen and oxygen atoms in total. The second-order valence-corrected chi connectivity index (χ2v) is 6.80. The first-order valence-corrected chi connectivity index (χ1v) is 8.93. The maximum absolute atomic E-state index is 12.7. The van der Waals surface area contributed by atoms with Crippen molar-refractivity contribution in [1.82, 2.24) is 5.32 Å². The summed E-state index contributed by atoms with van der Waals surface area (Å²) in [4.78, 5) is 12.7. The van der Waals surface area contributed by atoms with Gasteiger partial charge in [-0.3, -0.25) is 4.79 Å². The van der Waals surface area contributed by atoms with E-state index in [1.807, 2.05) is 45.9 Å². The lowest BCUT2D eigenvalue weighted by atomic mass is 10.00. The maximum atomic E-state index is 12.7. The summed E-state index contributed by atoms with van der Waals surface area (Å²) in [5, 5.41) is 3.11. The number of carbonyl (C=O) groups is 1. The molecule has 0 aliphatic carbocycles. The van der Waals surface area contributed by atoms with E-state index in [1.165, 1.54) is 11.1 Å². The minimum atomic E-state index is -0.493. The molecule has 2 aromatic carbocycles. The molecule has 0 fully saturated rings. The zero-order chi connectivity index (χ0) is 18.6. The van der Waals surface area contributed by atoms with Gasteiger partial charge in [-0.05, 0) is 69.4 Å². The van der Waals surface area contributed by atoms with Crippen LogP contribution < -0.4 is 10.1 Å². The van der Waals surface area contributed by atoms with E-state index < -0.39 is 6.10 Å². The fraction of sp³-hybridized carbons (Fsp3) is 0.409. The minimum absolute atomic E-state index is 0.0522. The number of rotatable bonds is 6. The van der Waals surface area contributed by atoms with Crippen LogP contribution >= 0.6 is 0 Å². The Kier molecular flexibility index (Phi) is 6.24. The molecule has 0 spiro atoms. The molecule has 1 N–H and O–H groups in total. The topological polar surface area (TPSA) is 38.3 Å². The number of hydrogen-bond acceptors (Lipinski definition) is 2. The summed E-state index contributed by atoms with van der Waals surface area (Å²) in [5.41, 5.74) is 5.77. The lowest BCUT2D eigenvalue weighted by Crippen LogP contribution is -2.39. The average Bonchev–Trinajstić information content (AvgIpc) is 2.58. The molecule has 134 valence electrons. The van der Waals surface area contributed by atoms with Crippen molar-refractivity contribution in [2.24, 2.45) is 0 Å². The number of benzene rings is 2. The number of aryl methyl sites for hydroxylation is 3. The highest BCUT2D eigenvalue weighted by atomic mass is 16.5. The highest BCUT2D eigenvalue weighted by Gasteiger charge is 2.22. The van der Waals surface area contributed by atoms with Crippen molar-refractivity contribution >= 4 is 5.91 Å². The van der Waals surface area contributed by atoms with E-state index in [9.17, 15) is 4.79 Å². The second kappa shape index (κ2) is 8.19. The number of carbonyl (C=O) groups excluding carboxylic acids is 1. The number of ether oxygens (including phenoxy) is 1. The first-order valence-electron chi connectivity index (χ1n) is 8.93. The Morgan fingerprint density at radius 3 is 2.48 bits per heavy atom. The number of hydrogen-bond donors (Lipinski definition) is 1. The van der Waals surface area contributed by atoms with Crippen LogP contribution in [0.4, 0.5) is 0 Å². The first-order chi connectivity index (χ1) is 11.8. The molecule has 1 amide bonds. The van der Waals surface area contributed by atoms with E-state index in [1.54, 1.807) is 0 Å². The Labute approximate surface area is 151 Å². The van der Waals surface area contributed by atoms with Gasteiger partial charge in [-0.1, -0.05) is 42.8 Å². The Morgan fingerprint density at radius 2 is 1.80 bits per heavy atom. The van der Waals surface area contributed by atoms with E-state index >= 15 is 0 Å². The quantitative estimate of drug-likeness (QED) is 0.808. The summed E-state index contributed by atoms with van der Waals surface area (Å²) in [7, 11) is 0. The molecule has 0 aliphatic heterocycles. The molecule has 3 heteroatoms. The fourth-order valence-corrected chi connectivity index (χ4v) is 2.94. The van der Waals surface area contributed by atoms with Crippen LogP contribution in [-0.2, 0) is 4.79 Å². The third-order valence-corrected chi connectivity index (χ3v) is 4.75. The van der Waals surface area contributed by atoms with Crippen molar-refractivity contribution in [3.63, 3.8) is 0 Å². The van der Waals surface area contributed by atoms with Crippen LogP contribution in [0.1, 0.15) is 54.1 Å². The fourth-order valence-electron chi connectivity index (χ4n) is 2.94. The second-order valence-electron chi connectivity index (χ2n) is 6.80. The molecule has 0 saturated carbocycles. The summed E-state index contributed by atoms with van der Waals surface area (Å²) in [6.07, 6.45) is 0.131. The largest absolute Gasteiger partial charge is 0.480 e. The van der Waals surface area contributed by atoms with Crippen LogP contribution in [0.5, 0.6) is 5.75 Å². The predicted octanol–water partition coefficient (Wildman–Crippen LogP) is 4.96. The van der Waals surface area contributed by atoms with Gasteiger partial charge in [-0.15, -0.1) is 0 Å². The zero-order valence-electron chi connectivity index (χ0n) is 16.1. The van der Waals surface area contributed by atoms with Crippen LogP contribution in [0.15, 0.2) is 36.4 Å². The molecule has 2 unspecified atom stereocenters. The van der Waals surface area contributed by atoms with E-state index in [0.717, 1.165) is 22.4 Å². The molecular weight excluding hydrogens is 310 g/mol. The molecule has 2 rings (SSSR count). The van der Waals surface area contributed by atoms with Gasteiger partial charge in [0.05, 0.1) is 6.04 Å². The molecule has 0 aliphatic rings. The van der Waals surface area contributed by atoms with Gasteiger partial charge >= 0.3 is 0 Å². The molecule has 2 atom stereocenters. The van der Waals surface area contributed by atoms with E-state index in [4.69, 9.17) is 4.74 Å².